The van der Waals surface area contributed by atoms with E-state index in [1.807, 2.05) is 25.1 Å². The van der Waals surface area contributed by atoms with E-state index in [1.54, 1.807) is 0 Å². The first kappa shape index (κ1) is 13.7. The first-order valence-corrected chi connectivity index (χ1v) is 5.99. The fourth-order valence-electron chi connectivity index (χ4n) is 1.61. The molecule has 0 radical (unpaired) electrons. The van der Waals surface area contributed by atoms with Crippen molar-refractivity contribution in [2.45, 2.75) is 13.5 Å². The Bertz CT molecular complexity index is 653. The van der Waals surface area contributed by atoms with Crippen LogP contribution in [0.1, 0.15) is 11.1 Å². The third-order valence-corrected chi connectivity index (χ3v) is 2.47. The molecule has 0 aliphatic rings. The van der Waals surface area contributed by atoms with Gasteiger partial charge in [-0.05, 0) is 35.0 Å². The minimum Gasteiger partial charge on any atom is -0.323 e. The molecule has 7 heteroatoms. The molecular weight excluding hydrogens is 256 g/mol. The Hall–Kier alpha value is -2.72. The zero-order valence-electron chi connectivity index (χ0n) is 11.0. The van der Waals surface area contributed by atoms with Gasteiger partial charge in [0.2, 0.25) is 5.91 Å². The van der Waals surface area contributed by atoms with Gasteiger partial charge in [-0.1, -0.05) is 17.9 Å². The van der Waals surface area contributed by atoms with E-state index in [9.17, 15) is 4.79 Å². The Morgan fingerprint density at radius 3 is 3.05 bits per heavy atom. The third kappa shape index (κ3) is 3.63. The van der Waals surface area contributed by atoms with Crippen molar-refractivity contribution in [2.75, 3.05) is 11.9 Å². The summed E-state index contributed by atoms with van der Waals surface area (Å²) in [7, 11) is 0. The van der Waals surface area contributed by atoms with Crippen LogP contribution in [0.3, 0.4) is 0 Å². The van der Waals surface area contributed by atoms with E-state index in [2.05, 4.69) is 32.7 Å². The molecule has 0 saturated carbocycles. The Kier molecular flexibility index (Phi) is 4.42. The van der Waals surface area contributed by atoms with Crippen molar-refractivity contribution >= 4 is 11.6 Å². The van der Waals surface area contributed by atoms with E-state index >= 15 is 0 Å². The van der Waals surface area contributed by atoms with Crippen LogP contribution in [0, 0.1) is 18.8 Å². The summed E-state index contributed by atoms with van der Waals surface area (Å²) in [5, 5.41) is 13.4. The SMILES string of the molecule is Cc1ccc(NC(=O)Cn2cnnn2)c(C#CCN)c1. The monoisotopic (exact) mass is 270 g/mol. The Balaban J connectivity index is 2.14. The van der Waals surface area contributed by atoms with Gasteiger partial charge in [0.05, 0.1) is 12.2 Å². The average molecular weight is 270 g/mol. The summed E-state index contributed by atoms with van der Waals surface area (Å²) in [6.07, 6.45) is 1.38. The van der Waals surface area contributed by atoms with E-state index < -0.39 is 0 Å². The molecule has 1 amide bonds. The number of nitrogens with one attached hydrogen (secondary N) is 1. The number of carbonyl (C=O) groups excluding carboxylic acids is 1. The van der Waals surface area contributed by atoms with Crippen LogP contribution in [0.2, 0.25) is 0 Å². The predicted octanol–water partition coefficient (Wildman–Crippen LogP) is -0.0696. The molecule has 0 bridgehead atoms. The lowest BCUT2D eigenvalue weighted by Gasteiger charge is -2.08. The van der Waals surface area contributed by atoms with Crippen molar-refractivity contribution in [1.29, 1.82) is 0 Å². The number of anilines is 1. The molecule has 0 atom stereocenters. The van der Waals surface area contributed by atoms with Crippen molar-refractivity contribution in [2.24, 2.45) is 5.73 Å². The van der Waals surface area contributed by atoms with E-state index in [0.717, 1.165) is 11.1 Å². The lowest BCUT2D eigenvalue weighted by atomic mass is 10.1. The van der Waals surface area contributed by atoms with Gasteiger partial charge in [0.25, 0.3) is 0 Å². The average Bonchev–Trinajstić information content (AvgIpc) is 2.91. The van der Waals surface area contributed by atoms with Gasteiger partial charge in [-0.15, -0.1) is 5.10 Å². The van der Waals surface area contributed by atoms with Crippen molar-refractivity contribution in [3.05, 3.63) is 35.7 Å². The minimum absolute atomic E-state index is 0.0463. The van der Waals surface area contributed by atoms with E-state index in [1.165, 1.54) is 11.0 Å². The maximum atomic E-state index is 11.9. The molecule has 1 aromatic carbocycles. The zero-order valence-corrected chi connectivity index (χ0v) is 11.0. The Labute approximate surface area is 116 Å². The van der Waals surface area contributed by atoms with Crippen molar-refractivity contribution < 1.29 is 4.79 Å². The molecule has 0 fully saturated rings. The number of hydrogen-bond donors (Lipinski definition) is 2. The number of tetrazole rings is 1. The van der Waals surface area contributed by atoms with Crippen LogP contribution in [0.5, 0.6) is 0 Å². The van der Waals surface area contributed by atoms with Gasteiger partial charge in [-0.25, -0.2) is 4.68 Å². The van der Waals surface area contributed by atoms with Gasteiger partial charge in [-0.3, -0.25) is 4.79 Å². The van der Waals surface area contributed by atoms with Crippen LogP contribution in [0.25, 0.3) is 0 Å². The fourth-order valence-corrected chi connectivity index (χ4v) is 1.61. The molecular formula is C13H14N6O. The summed E-state index contributed by atoms with van der Waals surface area (Å²) >= 11 is 0. The van der Waals surface area contributed by atoms with Crippen molar-refractivity contribution in [3.63, 3.8) is 0 Å². The first-order chi connectivity index (χ1) is 9.69. The topological polar surface area (TPSA) is 98.7 Å². The molecule has 1 heterocycles. The lowest BCUT2D eigenvalue weighted by molar-refractivity contribution is -0.116. The number of amides is 1. The van der Waals surface area contributed by atoms with Gasteiger partial charge in [0.15, 0.2) is 0 Å². The number of hydrogen-bond acceptors (Lipinski definition) is 5. The summed E-state index contributed by atoms with van der Waals surface area (Å²) < 4.78 is 1.34. The smallest absolute Gasteiger partial charge is 0.246 e. The summed E-state index contributed by atoms with van der Waals surface area (Å²) in [6, 6.07) is 5.61. The summed E-state index contributed by atoms with van der Waals surface area (Å²) in [4.78, 5) is 11.9. The summed E-state index contributed by atoms with van der Waals surface area (Å²) in [5.74, 6) is 5.50. The molecule has 0 saturated heterocycles. The number of nitrogens with two attached hydrogens (primary N) is 1. The van der Waals surface area contributed by atoms with Crippen LogP contribution in [-0.2, 0) is 11.3 Å². The maximum absolute atomic E-state index is 11.9. The highest BCUT2D eigenvalue weighted by molar-refractivity contribution is 5.92. The molecule has 1 aromatic heterocycles. The highest BCUT2D eigenvalue weighted by atomic mass is 16.2. The van der Waals surface area contributed by atoms with Gasteiger partial charge < -0.3 is 11.1 Å². The standard InChI is InChI=1S/C13H14N6O/c1-10-4-5-12(11(7-10)3-2-6-14)16-13(20)8-19-9-15-17-18-19/h4-5,7,9H,6,8,14H2,1H3,(H,16,20). The van der Waals surface area contributed by atoms with Gasteiger partial charge in [0, 0.05) is 5.56 Å². The van der Waals surface area contributed by atoms with Crippen LogP contribution in [0.15, 0.2) is 24.5 Å². The zero-order chi connectivity index (χ0) is 14.4. The van der Waals surface area contributed by atoms with Gasteiger partial charge in [0.1, 0.15) is 12.9 Å². The quantitative estimate of drug-likeness (QED) is 0.761. The second-order valence-corrected chi connectivity index (χ2v) is 4.11. The highest BCUT2D eigenvalue weighted by Crippen LogP contribution is 2.16. The molecule has 102 valence electrons. The van der Waals surface area contributed by atoms with E-state index in [-0.39, 0.29) is 19.0 Å². The van der Waals surface area contributed by atoms with Crippen molar-refractivity contribution in [1.82, 2.24) is 20.2 Å². The molecule has 0 aliphatic heterocycles. The largest absolute Gasteiger partial charge is 0.323 e. The van der Waals surface area contributed by atoms with Gasteiger partial charge >= 0.3 is 0 Å². The second kappa shape index (κ2) is 6.45. The van der Waals surface area contributed by atoms with Crippen molar-refractivity contribution in [3.8, 4) is 11.8 Å². The summed E-state index contributed by atoms with van der Waals surface area (Å²) in [6.45, 7) is 2.27. The molecule has 0 unspecified atom stereocenters. The van der Waals surface area contributed by atoms with Crippen LogP contribution < -0.4 is 11.1 Å². The number of rotatable bonds is 3. The molecule has 7 nitrogen and oxygen atoms in total. The normalized spacial score (nSPS) is 9.70. The maximum Gasteiger partial charge on any atom is 0.246 e. The van der Waals surface area contributed by atoms with Crippen LogP contribution in [0.4, 0.5) is 5.69 Å². The minimum atomic E-state index is -0.225. The molecule has 0 spiro atoms. The number of carbonyl (C=O) groups is 1. The van der Waals surface area contributed by atoms with E-state index in [0.29, 0.717) is 5.69 Å². The van der Waals surface area contributed by atoms with Crippen LogP contribution >= 0.6 is 0 Å². The first-order valence-electron chi connectivity index (χ1n) is 5.99. The number of aromatic nitrogens is 4. The number of nitrogens with zero attached hydrogens (tertiary/aromatic N) is 4. The van der Waals surface area contributed by atoms with E-state index in [4.69, 9.17) is 5.73 Å². The molecule has 2 rings (SSSR count). The number of benzene rings is 1. The second-order valence-electron chi connectivity index (χ2n) is 4.11. The lowest BCUT2D eigenvalue weighted by Crippen LogP contribution is -2.19. The molecule has 0 aliphatic carbocycles. The molecule has 20 heavy (non-hydrogen) atoms. The summed E-state index contributed by atoms with van der Waals surface area (Å²) in [5.41, 5.74) is 7.81. The Morgan fingerprint density at radius 1 is 1.50 bits per heavy atom. The fraction of sp³-hybridized carbons (Fsp3) is 0.231. The molecule has 3 N–H and O–H groups in total. The van der Waals surface area contributed by atoms with Crippen LogP contribution in [-0.4, -0.2) is 32.7 Å². The van der Waals surface area contributed by atoms with Gasteiger partial charge in [-0.2, -0.15) is 0 Å². The third-order valence-electron chi connectivity index (χ3n) is 2.47. The Morgan fingerprint density at radius 2 is 2.35 bits per heavy atom. The number of aryl methyl sites for hydroxylation is 1. The predicted molar refractivity (Wildman–Crippen MR) is 73.6 cm³/mol. The molecule has 2 aromatic rings. The highest BCUT2D eigenvalue weighted by Gasteiger charge is 2.07.